The Hall–Kier alpha value is -0.340. The van der Waals surface area contributed by atoms with Crippen molar-refractivity contribution in [3.05, 3.63) is 11.6 Å². The van der Waals surface area contributed by atoms with Crippen LogP contribution in [-0.2, 0) is 0 Å². The predicted molar refractivity (Wildman–Crippen MR) is 116 cm³/mol. The number of allylic oxidation sites excluding steroid dienone is 1. The molecule has 0 bridgehead atoms. The van der Waals surface area contributed by atoms with Gasteiger partial charge in [-0.3, -0.25) is 0 Å². The van der Waals surface area contributed by atoms with Gasteiger partial charge in [0, 0.05) is 12.1 Å². The molecule has 0 radical (unpaired) electrons. The second-order valence-electron chi connectivity index (χ2n) is 9.31. The lowest BCUT2D eigenvalue weighted by Crippen LogP contribution is -2.36. The molecule has 0 aromatic rings. The third-order valence-corrected chi connectivity index (χ3v) is 6.80. The Morgan fingerprint density at radius 3 is 2.50 bits per heavy atom. The summed E-state index contributed by atoms with van der Waals surface area (Å²) in [4.78, 5) is 0. The Bertz CT molecular complexity index is 399. The molecule has 2 aliphatic carbocycles. The van der Waals surface area contributed by atoms with Crippen LogP contribution in [0.2, 0.25) is 0 Å². The van der Waals surface area contributed by atoms with Crippen LogP contribution in [-0.4, -0.2) is 25.2 Å². The van der Waals surface area contributed by atoms with E-state index in [0.717, 1.165) is 30.8 Å². The van der Waals surface area contributed by atoms with Crippen molar-refractivity contribution in [3.63, 3.8) is 0 Å². The molecule has 2 nitrogen and oxygen atoms in total. The average molecular weight is 363 g/mol. The zero-order valence-corrected chi connectivity index (χ0v) is 18.2. The van der Waals surface area contributed by atoms with Gasteiger partial charge in [-0.25, -0.2) is 0 Å². The SMILES string of the molecule is CCCC1CCC1=CCC(C)NCCC(C[C@@H](C)CC1CCC1)NCC. The lowest BCUT2D eigenvalue weighted by molar-refractivity contribution is 0.237. The molecule has 0 heterocycles. The first kappa shape index (κ1) is 22.0. The Kier molecular flexibility index (Phi) is 10.3. The van der Waals surface area contributed by atoms with Gasteiger partial charge in [-0.15, -0.1) is 0 Å². The molecule has 0 amide bonds. The monoisotopic (exact) mass is 362 g/mol. The van der Waals surface area contributed by atoms with E-state index in [2.05, 4.69) is 44.4 Å². The van der Waals surface area contributed by atoms with Crippen molar-refractivity contribution in [2.45, 2.75) is 110 Å². The second-order valence-corrected chi connectivity index (χ2v) is 9.31. The van der Waals surface area contributed by atoms with Crippen LogP contribution in [0.3, 0.4) is 0 Å². The molecule has 152 valence electrons. The standard InChI is InChI=1S/C24H46N2/c1-5-8-22-13-14-23(22)12-11-20(4)26-16-15-24(25-6-2)18-19(3)17-21-9-7-10-21/h12,19-22,24-26H,5-11,13-18H2,1-4H3/t19-,20?,22?,24?/m0/s1. The Morgan fingerprint density at radius 2 is 1.92 bits per heavy atom. The summed E-state index contributed by atoms with van der Waals surface area (Å²) in [6, 6.07) is 1.30. The maximum absolute atomic E-state index is 3.77. The maximum Gasteiger partial charge on any atom is 0.00815 e. The van der Waals surface area contributed by atoms with Crippen molar-refractivity contribution in [2.24, 2.45) is 17.8 Å². The van der Waals surface area contributed by atoms with Crippen molar-refractivity contribution in [1.82, 2.24) is 10.6 Å². The summed E-state index contributed by atoms with van der Waals surface area (Å²) in [6.45, 7) is 11.6. The van der Waals surface area contributed by atoms with Gasteiger partial charge in [0.2, 0.25) is 0 Å². The number of hydrogen-bond acceptors (Lipinski definition) is 2. The average Bonchev–Trinajstić information content (AvgIpc) is 2.55. The largest absolute Gasteiger partial charge is 0.314 e. The summed E-state index contributed by atoms with van der Waals surface area (Å²) >= 11 is 0. The van der Waals surface area contributed by atoms with E-state index in [1.54, 1.807) is 5.57 Å². The Labute approximate surface area is 164 Å². The predicted octanol–water partition coefficient (Wildman–Crippen LogP) is 6.08. The Balaban J connectivity index is 1.60. The molecule has 0 aliphatic heterocycles. The van der Waals surface area contributed by atoms with E-state index in [1.807, 2.05) is 0 Å². The fourth-order valence-corrected chi connectivity index (χ4v) is 4.85. The first-order chi connectivity index (χ1) is 12.6. The van der Waals surface area contributed by atoms with Gasteiger partial charge in [0.15, 0.2) is 0 Å². The molecule has 26 heavy (non-hydrogen) atoms. The highest BCUT2D eigenvalue weighted by Gasteiger charge is 2.23. The molecule has 0 saturated heterocycles. The molecule has 3 unspecified atom stereocenters. The van der Waals surface area contributed by atoms with Crippen molar-refractivity contribution in [1.29, 1.82) is 0 Å². The van der Waals surface area contributed by atoms with Gasteiger partial charge in [0.1, 0.15) is 0 Å². The quantitative estimate of drug-likeness (QED) is 0.366. The van der Waals surface area contributed by atoms with Gasteiger partial charge < -0.3 is 10.6 Å². The minimum Gasteiger partial charge on any atom is -0.314 e. The van der Waals surface area contributed by atoms with E-state index in [4.69, 9.17) is 0 Å². The van der Waals surface area contributed by atoms with Crippen LogP contribution in [0.1, 0.15) is 98.3 Å². The van der Waals surface area contributed by atoms with Crippen LogP contribution < -0.4 is 10.6 Å². The molecule has 2 heteroatoms. The molecule has 0 aromatic carbocycles. The van der Waals surface area contributed by atoms with Gasteiger partial charge in [-0.05, 0) is 82.7 Å². The van der Waals surface area contributed by atoms with Crippen LogP contribution >= 0.6 is 0 Å². The summed E-state index contributed by atoms with van der Waals surface area (Å²) in [5.74, 6) is 2.84. The number of rotatable bonds is 14. The highest BCUT2D eigenvalue weighted by molar-refractivity contribution is 5.15. The summed E-state index contributed by atoms with van der Waals surface area (Å²) in [7, 11) is 0. The van der Waals surface area contributed by atoms with Crippen LogP contribution in [0.5, 0.6) is 0 Å². The summed E-state index contributed by atoms with van der Waals surface area (Å²) in [5.41, 5.74) is 1.75. The van der Waals surface area contributed by atoms with Gasteiger partial charge in [-0.2, -0.15) is 0 Å². The molecule has 4 atom stereocenters. The third kappa shape index (κ3) is 7.72. The lowest BCUT2D eigenvalue weighted by Gasteiger charge is -2.31. The zero-order chi connectivity index (χ0) is 18.8. The number of hydrogen-bond donors (Lipinski definition) is 2. The van der Waals surface area contributed by atoms with Crippen LogP contribution in [0.15, 0.2) is 11.6 Å². The lowest BCUT2D eigenvalue weighted by atomic mass is 9.76. The minimum absolute atomic E-state index is 0.611. The first-order valence-corrected chi connectivity index (χ1v) is 11.8. The minimum atomic E-state index is 0.611. The van der Waals surface area contributed by atoms with Gasteiger partial charge in [0.05, 0.1) is 0 Å². The molecule has 2 rings (SSSR count). The molecular formula is C24H46N2. The second kappa shape index (κ2) is 12.2. The molecule has 2 saturated carbocycles. The first-order valence-electron chi connectivity index (χ1n) is 11.8. The summed E-state index contributed by atoms with van der Waals surface area (Å²) < 4.78 is 0. The molecule has 2 aliphatic rings. The van der Waals surface area contributed by atoms with Crippen LogP contribution in [0.25, 0.3) is 0 Å². The van der Waals surface area contributed by atoms with Crippen molar-refractivity contribution >= 4 is 0 Å². The van der Waals surface area contributed by atoms with Crippen LogP contribution in [0.4, 0.5) is 0 Å². The van der Waals surface area contributed by atoms with Gasteiger partial charge in [0.25, 0.3) is 0 Å². The smallest absolute Gasteiger partial charge is 0.00815 e. The third-order valence-electron chi connectivity index (χ3n) is 6.80. The van der Waals surface area contributed by atoms with E-state index >= 15 is 0 Å². The van der Waals surface area contributed by atoms with Crippen molar-refractivity contribution in [3.8, 4) is 0 Å². The Morgan fingerprint density at radius 1 is 1.12 bits per heavy atom. The van der Waals surface area contributed by atoms with E-state index in [0.29, 0.717) is 12.1 Å². The van der Waals surface area contributed by atoms with Gasteiger partial charge in [-0.1, -0.05) is 58.1 Å². The van der Waals surface area contributed by atoms with Crippen molar-refractivity contribution in [2.75, 3.05) is 13.1 Å². The molecule has 0 spiro atoms. The number of nitrogens with one attached hydrogen (secondary N) is 2. The van der Waals surface area contributed by atoms with E-state index in [1.165, 1.54) is 70.6 Å². The molecule has 2 fully saturated rings. The summed E-state index contributed by atoms with van der Waals surface area (Å²) in [6.07, 6.45) is 17.8. The van der Waals surface area contributed by atoms with Crippen LogP contribution in [0, 0.1) is 17.8 Å². The normalized spacial score (nSPS) is 25.5. The van der Waals surface area contributed by atoms with E-state index in [-0.39, 0.29) is 0 Å². The summed E-state index contributed by atoms with van der Waals surface area (Å²) in [5, 5.41) is 7.51. The molecule has 0 aromatic heterocycles. The van der Waals surface area contributed by atoms with E-state index < -0.39 is 0 Å². The maximum atomic E-state index is 3.77. The molecule has 2 N–H and O–H groups in total. The molecular weight excluding hydrogens is 316 g/mol. The van der Waals surface area contributed by atoms with E-state index in [9.17, 15) is 0 Å². The highest BCUT2D eigenvalue weighted by atomic mass is 14.9. The van der Waals surface area contributed by atoms with Gasteiger partial charge >= 0.3 is 0 Å². The fraction of sp³-hybridized carbons (Fsp3) is 0.917. The zero-order valence-electron chi connectivity index (χ0n) is 18.2. The van der Waals surface area contributed by atoms with Crippen molar-refractivity contribution < 1.29 is 0 Å². The fourth-order valence-electron chi connectivity index (χ4n) is 4.85. The topological polar surface area (TPSA) is 24.1 Å². The highest BCUT2D eigenvalue weighted by Crippen LogP contribution is 2.37.